The molecule has 84 valence electrons. The Labute approximate surface area is 101 Å². The first-order valence-corrected chi connectivity index (χ1v) is 6.57. The molecule has 0 atom stereocenters. The molecule has 1 aromatic carbocycles. The first kappa shape index (κ1) is 11.3. The fourth-order valence-electron chi connectivity index (χ4n) is 1.61. The predicted octanol–water partition coefficient (Wildman–Crippen LogP) is 4.33. The lowest BCUT2D eigenvalue weighted by molar-refractivity contribution is 0.530. The molecule has 0 radical (unpaired) electrons. The molecule has 0 unspecified atom stereocenters. The maximum absolute atomic E-state index is 5.30. The van der Waals surface area contributed by atoms with E-state index in [1.165, 1.54) is 16.7 Å². The number of furan rings is 1. The topological polar surface area (TPSA) is 13.1 Å². The summed E-state index contributed by atoms with van der Waals surface area (Å²) < 4.78 is 5.30. The number of thioether (sulfide) groups is 1. The van der Waals surface area contributed by atoms with Gasteiger partial charge in [0.05, 0.1) is 12.0 Å². The first-order valence-electron chi connectivity index (χ1n) is 5.42. The second-order valence-corrected chi connectivity index (χ2v) is 4.99. The van der Waals surface area contributed by atoms with Gasteiger partial charge in [-0.15, -0.1) is 11.8 Å². The minimum absolute atomic E-state index is 0.945. The van der Waals surface area contributed by atoms with Gasteiger partial charge < -0.3 is 4.42 Å². The highest BCUT2D eigenvalue weighted by molar-refractivity contribution is 7.97. The quantitative estimate of drug-likeness (QED) is 0.778. The minimum Gasteiger partial charge on any atom is -0.468 e. The molecule has 0 saturated carbocycles. The van der Waals surface area contributed by atoms with Crippen LogP contribution in [0.25, 0.3) is 0 Å². The van der Waals surface area contributed by atoms with Gasteiger partial charge in [0, 0.05) is 5.75 Å². The third kappa shape index (κ3) is 2.92. The van der Waals surface area contributed by atoms with Crippen LogP contribution in [0.2, 0.25) is 0 Å². The maximum Gasteiger partial charge on any atom is 0.113 e. The van der Waals surface area contributed by atoms with Gasteiger partial charge >= 0.3 is 0 Å². The summed E-state index contributed by atoms with van der Waals surface area (Å²) in [6.45, 7) is 4.31. The summed E-state index contributed by atoms with van der Waals surface area (Å²) in [5.41, 5.74) is 4.13. The number of rotatable bonds is 4. The van der Waals surface area contributed by atoms with Gasteiger partial charge in [-0.25, -0.2) is 0 Å². The van der Waals surface area contributed by atoms with Gasteiger partial charge in [-0.05, 0) is 37.1 Å². The molecule has 0 aliphatic carbocycles. The molecule has 1 heterocycles. The number of hydrogen-bond donors (Lipinski definition) is 0. The van der Waals surface area contributed by atoms with Crippen molar-refractivity contribution in [3.05, 3.63) is 59.0 Å². The van der Waals surface area contributed by atoms with E-state index in [9.17, 15) is 0 Å². The van der Waals surface area contributed by atoms with E-state index in [1.54, 1.807) is 6.26 Å². The highest BCUT2D eigenvalue weighted by atomic mass is 32.2. The molecule has 2 heteroatoms. The van der Waals surface area contributed by atoms with Crippen molar-refractivity contribution < 1.29 is 4.42 Å². The predicted molar refractivity (Wildman–Crippen MR) is 69.6 cm³/mol. The fourth-order valence-corrected chi connectivity index (χ4v) is 2.61. The molecule has 0 bridgehead atoms. The van der Waals surface area contributed by atoms with E-state index in [2.05, 4.69) is 32.0 Å². The Morgan fingerprint density at radius 3 is 2.75 bits per heavy atom. The Hall–Kier alpha value is -1.15. The maximum atomic E-state index is 5.30. The molecule has 2 rings (SSSR count). The highest BCUT2D eigenvalue weighted by Gasteiger charge is 2.01. The third-order valence-corrected chi connectivity index (χ3v) is 3.59. The summed E-state index contributed by atoms with van der Waals surface area (Å²) in [5, 5.41) is 0. The van der Waals surface area contributed by atoms with Crippen LogP contribution in [0.5, 0.6) is 0 Å². The molecule has 0 saturated heterocycles. The van der Waals surface area contributed by atoms with Crippen LogP contribution < -0.4 is 0 Å². The van der Waals surface area contributed by atoms with E-state index in [-0.39, 0.29) is 0 Å². The average molecular weight is 232 g/mol. The third-order valence-electron chi connectivity index (χ3n) is 2.59. The summed E-state index contributed by atoms with van der Waals surface area (Å²) >= 11 is 1.89. The number of hydrogen-bond acceptors (Lipinski definition) is 2. The molecular weight excluding hydrogens is 216 g/mol. The lowest BCUT2D eigenvalue weighted by Gasteiger charge is -2.06. The lowest BCUT2D eigenvalue weighted by Crippen LogP contribution is -1.88. The van der Waals surface area contributed by atoms with Gasteiger partial charge in [0.2, 0.25) is 0 Å². The minimum atomic E-state index is 0.945. The standard InChI is InChI=1S/C14H16OS/c1-11-5-6-12(2)13(8-11)9-16-10-14-4-3-7-15-14/h3-8H,9-10H2,1-2H3. The smallest absolute Gasteiger partial charge is 0.113 e. The zero-order chi connectivity index (χ0) is 11.4. The zero-order valence-electron chi connectivity index (χ0n) is 9.69. The summed E-state index contributed by atoms with van der Waals surface area (Å²) in [6.07, 6.45) is 1.73. The van der Waals surface area contributed by atoms with Crippen molar-refractivity contribution in [1.29, 1.82) is 0 Å². The molecule has 0 amide bonds. The van der Waals surface area contributed by atoms with Crippen molar-refractivity contribution in [1.82, 2.24) is 0 Å². The zero-order valence-corrected chi connectivity index (χ0v) is 10.5. The Kier molecular flexibility index (Phi) is 3.73. The second kappa shape index (κ2) is 5.26. The van der Waals surface area contributed by atoms with Gasteiger partial charge in [-0.1, -0.05) is 23.8 Å². The normalized spacial score (nSPS) is 10.6. The first-order chi connectivity index (χ1) is 7.75. The molecule has 0 aliphatic heterocycles. The summed E-state index contributed by atoms with van der Waals surface area (Å²) in [4.78, 5) is 0. The molecule has 0 N–H and O–H groups in total. The molecule has 16 heavy (non-hydrogen) atoms. The van der Waals surface area contributed by atoms with Crippen LogP contribution in [-0.4, -0.2) is 0 Å². The summed E-state index contributed by atoms with van der Waals surface area (Å²) in [7, 11) is 0. The monoisotopic (exact) mass is 232 g/mol. The molecule has 2 aromatic rings. The van der Waals surface area contributed by atoms with Crippen LogP contribution in [0.4, 0.5) is 0 Å². The fraction of sp³-hybridized carbons (Fsp3) is 0.286. The average Bonchev–Trinajstić information content (AvgIpc) is 2.76. The van der Waals surface area contributed by atoms with E-state index in [1.807, 2.05) is 23.9 Å². The van der Waals surface area contributed by atoms with Crippen LogP contribution in [0.3, 0.4) is 0 Å². The van der Waals surface area contributed by atoms with Gasteiger partial charge in [0.15, 0.2) is 0 Å². The van der Waals surface area contributed by atoms with Gasteiger partial charge in [-0.2, -0.15) is 0 Å². The van der Waals surface area contributed by atoms with Crippen LogP contribution in [0.1, 0.15) is 22.5 Å². The SMILES string of the molecule is Cc1ccc(C)c(CSCc2ccco2)c1. The van der Waals surface area contributed by atoms with Crippen molar-refractivity contribution in [3.63, 3.8) is 0 Å². The van der Waals surface area contributed by atoms with E-state index in [0.29, 0.717) is 0 Å². The molecule has 1 aromatic heterocycles. The molecule has 0 aliphatic rings. The van der Waals surface area contributed by atoms with Crippen LogP contribution in [0.15, 0.2) is 41.0 Å². The van der Waals surface area contributed by atoms with Crippen molar-refractivity contribution in [2.45, 2.75) is 25.4 Å². The van der Waals surface area contributed by atoms with Crippen molar-refractivity contribution in [3.8, 4) is 0 Å². The highest BCUT2D eigenvalue weighted by Crippen LogP contribution is 2.21. The largest absolute Gasteiger partial charge is 0.468 e. The molecule has 1 nitrogen and oxygen atoms in total. The molecular formula is C14H16OS. The molecule has 0 fully saturated rings. The van der Waals surface area contributed by atoms with Crippen molar-refractivity contribution >= 4 is 11.8 Å². The van der Waals surface area contributed by atoms with Crippen LogP contribution >= 0.6 is 11.8 Å². The summed E-state index contributed by atoms with van der Waals surface area (Å²) in [5.74, 6) is 3.05. The van der Waals surface area contributed by atoms with Crippen molar-refractivity contribution in [2.75, 3.05) is 0 Å². The van der Waals surface area contributed by atoms with Crippen LogP contribution in [0, 0.1) is 13.8 Å². The van der Waals surface area contributed by atoms with Crippen molar-refractivity contribution in [2.24, 2.45) is 0 Å². The van der Waals surface area contributed by atoms with E-state index in [0.717, 1.165) is 17.3 Å². The van der Waals surface area contributed by atoms with E-state index < -0.39 is 0 Å². The number of benzene rings is 1. The molecule has 0 spiro atoms. The lowest BCUT2D eigenvalue weighted by atomic mass is 10.1. The Balaban J connectivity index is 1.92. The van der Waals surface area contributed by atoms with Crippen LogP contribution in [-0.2, 0) is 11.5 Å². The van der Waals surface area contributed by atoms with Gasteiger partial charge in [-0.3, -0.25) is 0 Å². The van der Waals surface area contributed by atoms with E-state index in [4.69, 9.17) is 4.42 Å². The summed E-state index contributed by atoms with van der Waals surface area (Å²) in [6, 6.07) is 10.6. The van der Waals surface area contributed by atoms with E-state index >= 15 is 0 Å². The van der Waals surface area contributed by atoms with Gasteiger partial charge in [0.25, 0.3) is 0 Å². The Morgan fingerprint density at radius 2 is 2.00 bits per heavy atom. The number of aryl methyl sites for hydroxylation is 2. The Morgan fingerprint density at radius 1 is 1.12 bits per heavy atom. The second-order valence-electron chi connectivity index (χ2n) is 4.00. The Bertz CT molecular complexity index is 446. The van der Waals surface area contributed by atoms with Gasteiger partial charge in [0.1, 0.15) is 5.76 Å².